The number of carboxylic acid groups (broad SMARTS) is 1. The standard InChI is InChI=1S/C21H41N7O5/c1-6-12(4)16(28-18(30)14(22)10-11(2)3)19(31)26-13(5)17(29)27-15(20(32)33)8-7-9-25-21(23)24/h11-16H,6-10,22H2,1-5H3,(H,26,31)(H,27,29)(H,28,30)(H,32,33)(H4,23,24,25)/t12-,13-,14-,15-,16-/m0/s1. The van der Waals surface area contributed by atoms with Crippen LogP contribution in [0.5, 0.6) is 0 Å². The van der Waals surface area contributed by atoms with Crippen molar-refractivity contribution in [1.29, 1.82) is 0 Å². The lowest BCUT2D eigenvalue weighted by atomic mass is 9.96. The summed E-state index contributed by atoms with van der Waals surface area (Å²) in [5.74, 6) is -2.95. The topological polar surface area (TPSA) is 215 Å². The Morgan fingerprint density at radius 1 is 0.939 bits per heavy atom. The van der Waals surface area contributed by atoms with Gasteiger partial charge in [-0.25, -0.2) is 4.79 Å². The van der Waals surface area contributed by atoms with E-state index in [1.807, 2.05) is 20.8 Å². The number of nitrogens with one attached hydrogen (secondary N) is 3. The van der Waals surface area contributed by atoms with Crippen molar-refractivity contribution in [2.24, 2.45) is 34.0 Å². The number of hydrogen-bond donors (Lipinski definition) is 7. The zero-order chi connectivity index (χ0) is 25.7. The maximum absolute atomic E-state index is 12.8. The molecule has 0 aliphatic heterocycles. The number of nitrogens with zero attached hydrogens (tertiary/aromatic N) is 1. The molecule has 0 saturated carbocycles. The van der Waals surface area contributed by atoms with Gasteiger partial charge in [0.25, 0.3) is 0 Å². The predicted octanol–water partition coefficient (Wildman–Crippen LogP) is -0.982. The lowest BCUT2D eigenvalue weighted by molar-refractivity contribution is -0.142. The van der Waals surface area contributed by atoms with Gasteiger partial charge >= 0.3 is 5.97 Å². The smallest absolute Gasteiger partial charge is 0.326 e. The normalized spacial score (nSPS) is 15.5. The Bertz CT molecular complexity index is 694. The average Bonchev–Trinajstić information content (AvgIpc) is 2.71. The third-order valence-corrected chi connectivity index (χ3v) is 5.17. The molecule has 0 spiro atoms. The molecule has 3 amide bonds. The fourth-order valence-corrected chi connectivity index (χ4v) is 3.00. The molecule has 12 heteroatoms. The summed E-state index contributed by atoms with van der Waals surface area (Å²) < 4.78 is 0. The Labute approximate surface area is 195 Å². The Kier molecular flexibility index (Phi) is 13.7. The van der Waals surface area contributed by atoms with E-state index in [0.29, 0.717) is 19.3 Å². The van der Waals surface area contributed by atoms with Gasteiger partial charge in [-0.15, -0.1) is 0 Å². The molecule has 0 radical (unpaired) electrons. The van der Waals surface area contributed by atoms with E-state index in [0.717, 1.165) is 0 Å². The van der Waals surface area contributed by atoms with Crippen LogP contribution < -0.4 is 33.2 Å². The Morgan fingerprint density at radius 2 is 1.55 bits per heavy atom. The van der Waals surface area contributed by atoms with Gasteiger partial charge in [0.05, 0.1) is 6.04 Å². The molecule has 0 heterocycles. The molecule has 33 heavy (non-hydrogen) atoms. The number of carbonyl (C=O) groups excluding carboxylic acids is 3. The minimum absolute atomic E-state index is 0.102. The van der Waals surface area contributed by atoms with Crippen LogP contribution in [0.15, 0.2) is 4.99 Å². The van der Waals surface area contributed by atoms with Gasteiger partial charge in [-0.1, -0.05) is 34.1 Å². The highest BCUT2D eigenvalue weighted by atomic mass is 16.4. The first kappa shape index (κ1) is 30.1. The second-order valence-corrected chi connectivity index (χ2v) is 8.69. The van der Waals surface area contributed by atoms with Crippen LogP contribution in [-0.4, -0.2) is 65.5 Å². The Hall–Kier alpha value is -2.89. The molecule has 0 aliphatic carbocycles. The van der Waals surface area contributed by atoms with Crippen molar-refractivity contribution in [3.8, 4) is 0 Å². The molecule has 0 rings (SSSR count). The summed E-state index contributed by atoms with van der Waals surface area (Å²) in [4.78, 5) is 53.0. The molecule has 0 aliphatic rings. The van der Waals surface area contributed by atoms with Gasteiger partial charge < -0.3 is 38.3 Å². The molecule has 0 saturated heterocycles. The number of hydrogen-bond acceptors (Lipinski definition) is 6. The highest BCUT2D eigenvalue weighted by Gasteiger charge is 2.31. The lowest BCUT2D eigenvalue weighted by Crippen LogP contribution is -2.58. The highest BCUT2D eigenvalue weighted by molar-refractivity contribution is 5.94. The monoisotopic (exact) mass is 471 g/mol. The number of guanidine groups is 1. The predicted molar refractivity (Wildman–Crippen MR) is 126 cm³/mol. The molecular weight excluding hydrogens is 430 g/mol. The van der Waals surface area contributed by atoms with E-state index in [1.165, 1.54) is 6.92 Å². The minimum atomic E-state index is -1.21. The summed E-state index contributed by atoms with van der Waals surface area (Å²) in [6.07, 6.45) is 1.53. The molecule has 0 aromatic rings. The van der Waals surface area contributed by atoms with Crippen LogP contribution in [0.1, 0.15) is 60.3 Å². The van der Waals surface area contributed by atoms with Crippen LogP contribution in [0.25, 0.3) is 0 Å². The first-order valence-corrected chi connectivity index (χ1v) is 11.2. The Balaban J connectivity index is 5.06. The summed E-state index contributed by atoms with van der Waals surface area (Å²) >= 11 is 0. The molecule has 0 aromatic heterocycles. The van der Waals surface area contributed by atoms with Gasteiger partial charge in [0.1, 0.15) is 18.1 Å². The fourth-order valence-electron chi connectivity index (χ4n) is 3.00. The highest BCUT2D eigenvalue weighted by Crippen LogP contribution is 2.10. The summed E-state index contributed by atoms with van der Waals surface area (Å²) in [6.45, 7) is 9.23. The lowest BCUT2D eigenvalue weighted by Gasteiger charge is -2.27. The molecule has 0 aromatic carbocycles. The van der Waals surface area contributed by atoms with Crippen LogP contribution in [0.4, 0.5) is 0 Å². The third-order valence-electron chi connectivity index (χ3n) is 5.17. The van der Waals surface area contributed by atoms with Crippen molar-refractivity contribution in [1.82, 2.24) is 16.0 Å². The summed E-state index contributed by atoms with van der Waals surface area (Å²) in [5, 5.41) is 17.0. The van der Waals surface area contributed by atoms with Crippen molar-refractivity contribution in [2.75, 3.05) is 6.54 Å². The molecule has 0 fully saturated rings. The number of aliphatic carboxylic acids is 1. The largest absolute Gasteiger partial charge is 0.480 e. The van der Waals surface area contributed by atoms with Gasteiger partial charge in [0.15, 0.2) is 5.96 Å². The van der Waals surface area contributed by atoms with E-state index in [2.05, 4.69) is 20.9 Å². The maximum Gasteiger partial charge on any atom is 0.326 e. The summed E-state index contributed by atoms with van der Waals surface area (Å²) in [5.41, 5.74) is 16.4. The van der Waals surface area contributed by atoms with E-state index in [4.69, 9.17) is 17.2 Å². The molecule has 5 atom stereocenters. The molecular formula is C21H41N7O5. The summed E-state index contributed by atoms with van der Waals surface area (Å²) in [7, 11) is 0. The number of rotatable bonds is 15. The number of aliphatic imine (C=N–C) groups is 1. The second-order valence-electron chi connectivity index (χ2n) is 8.69. The first-order chi connectivity index (χ1) is 15.3. The summed E-state index contributed by atoms with van der Waals surface area (Å²) in [6, 6.07) is -3.82. The zero-order valence-electron chi connectivity index (χ0n) is 20.3. The number of carbonyl (C=O) groups is 4. The van der Waals surface area contributed by atoms with E-state index >= 15 is 0 Å². The molecule has 0 unspecified atom stereocenters. The molecule has 190 valence electrons. The van der Waals surface area contributed by atoms with Crippen molar-refractivity contribution < 1.29 is 24.3 Å². The minimum Gasteiger partial charge on any atom is -0.480 e. The first-order valence-electron chi connectivity index (χ1n) is 11.2. The zero-order valence-corrected chi connectivity index (χ0v) is 20.3. The number of nitrogens with two attached hydrogens (primary N) is 3. The van der Waals surface area contributed by atoms with E-state index in [-0.39, 0.29) is 30.8 Å². The van der Waals surface area contributed by atoms with Crippen LogP contribution in [0, 0.1) is 11.8 Å². The van der Waals surface area contributed by atoms with Gasteiger partial charge in [-0.05, 0) is 38.0 Å². The Morgan fingerprint density at radius 3 is 2.03 bits per heavy atom. The van der Waals surface area contributed by atoms with Gasteiger partial charge in [0.2, 0.25) is 17.7 Å². The molecule has 12 nitrogen and oxygen atoms in total. The SMILES string of the molecule is CC[C@H](C)[C@H](NC(=O)[C@@H](N)CC(C)C)C(=O)N[C@@H](C)C(=O)N[C@@H](CCCN=C(N)N)C(=O)O. The second kappa shape index (κ2) is 15.0. The van der Waals surface area contributed by atoms with Gasteiger partial charge in [0, 0.05) is 6.54 Å². The van der Waals surface area contributed by atoms with Crippen LogP contribution >= 0.6 is 0 Å². The van der Waals surface area contributed by atoms with E-state index < -0.39 is 47.9 Å². The van der Waals surface area contributed by atoms with Crippen molar-refractivity contribution >= 4 is 29.7 Å². The maximum atomic E-state index is 12.8. The average molecular weight is 472 g/mol. The van der Waals surface area contributed by atoms with Crippen molar-refractivity contribution in [3.63, 3.8) is 0 Å². The van der Waals surface area contributed by atoms with Crippen LogP contribution in [-0.2, 0) is 19.2 Å². The molecule has 10 N–H and O–H groups in total. The van der Waals surface area contributed by atoms with Gasteiger partial charge in [-0.3, -0.25) is 19.4 Å². The van der Waals surface area contributed by atoms with E-state index in [1.54, 1.807) is 6.92 Å². The quantitative estimate of drug-likeness (QED) is 0.0892. The van der Waals surface area contributed by atoms with Crippen molar-refractivity contribution in [2.45, 2.75) is 84.5 Å². The van der Waals surface area contributed by atoms with E-state index in [9.17, 15) is 24.3 Å². The van der Waals surface area contributed by atoms with Crippen molar-refractivity contribution in [3.05, 3.63) is 0 Å². The number of carboxylic acids is 1. The molecule has 0 bridgehead atoms. The fraction of sp³-hybridized carbons (Fsp3) is 0.762. The van der Waals surface area contributed by atoms with Crippen LogP contribution in [0.2, 0.25) is 0 Å². The van der Waals surface area contributed by atoms with Gasteiger partial charge in [-0.2, -0.15) is 0 Å². The number of amides is 3. The third kappa shape index (κ3) is 12.1. The van der Waals surface area contributed by atoms with Crippen LogP contribution in [0.3, 0.4) is 0 Å².